The molecular formula is C10H8Br2N2O5. The third kappa shape index (κ3) is 4.52. The van der Waals surface area contributed by atoms with E-state index in [0.717, 1.165) is 0 Å². The molecule has 1 rings (SSSR count). The van der Waals surface area contributed by atoms with E-state index in [-0.39, 0.29) is 11.3 Å². The van der Waals surface area contributed by atoms with Crippen molar-refractivity contribution in [2.45, 2.75) is 0 Å². The van der Waals surface area contributed by atoms with Crippen LogP contribution in [-0.2, 0) is 4.79 Å². The number of carboxylic acid groups (broad SMARTS) is 1. The lowest BCUT2D eigenvalue weighted by Gasteiger charge is -2.10. The normalized spacial score (nSPS) is 9.79. The van der Waals surface area contributed by atoms with Crippen LogP contribution < -0.4 is 15.8 Å². The lowest BCUT2D eigenvalue weighted by Crippen LogP contribution is -2.38. The molecule has 0 spiro atoms. The van der Waals surface area contributed by atoms with Gasteiger partial charge in [-0.05, 0) is 44.0 Å². The molecule has 4 N–H and O–H groups in total. The number of nitrogens with two attached hydrogens (primary N) is 1. The largest absolute Gasteiger partial charge is 0.481 e. The van der Waals surface area contributed by atoms with Crippen LogP contribution in [-0.4, -0.2) is 29.6 Å². The van der Waals surface area contributed by atoms with Gasteiger partial charge in [0.1, 0.15) is 5.75 Å². The number of carbonyl (C=O) groups is 3. The first kappa shape index (κ1) is 15.4. The van der Waals surface area contributed by atoms with Crippen LogP contribution in [0.4, 0.5) is 4.79 Å². The van der Waals surface area contributed by atoms with E-state index >= 15 is 0 Å². The standard InChI is InChI=1S/C10H8Br2N2O5/c11-5-1-4(9(16)17)2-6(12)8(5)19-3-7(15)14-10(13)18/h1-2H,3H2,(H,16,17)(H3,13,14,15,18). The Labute approximate surface area is 124 Å². The molecule has 0 atom stereocenters. The second kappa shape index (κ2) is 6.53. The number of carbonyl (C=O) groups excluding carboxylic acids is 2. The van der Waals surface area contributed by atoms with E-state index in [1.165, 1.54) is 12.1 Å². The molecular weight excluding hydrogens is 388 g/mol. The van der Waals surface area contributed by atoms with Crippen molar-refractivity contribution in [3.05, 3.63) is 26.6 Å². The second-order valence-electron chi connectivity index (χ2n) is 3.28. The number of urea groups is 1. The number of halogens is 2. The highest BCUT2D eigenvalue weighted by atomic mass is 79.9. The van der Waals surface area contributed by atoms with Gasteiger partial charge in [-0.25, -0.2) is 9.59 Å². The summed E-state index contributed by atoms with van der Waals surface area (Å²) in [4.78, 5) is 32.4. The molecule has 0 heterocycles. The molecule has 0 aromatic heterocycles. The number of ether oxygens (including phenoxy) is 1. The fourth-order valence-electron chi connectivity index (χ4n) is 1.13. The molecule has 0 saturated carbocycles. The number of primary amides is 1. The average molecular weight is 396 g/mol. The van der Waals surface area contributed by atoms with Crippen LogP contribution in [0.5, 0.6) is 5.75 Å². The maximum absolute atomic E-state index is 11.2. The van der Waals surface area contributed by atoms with Crippen molar-refractivity contribution in [2.24, 2.45) is 5.73 Å². The molecule has 1 aromatic carbocycles. The summed E-state index contributed by atoms with van der Waals surface area (Å²) in [5.41, 5.74) is 4.81. The smallest absolute Gasteiger partial charge is 0.335 e. The zero-order valence-electron chi connectivity index (χ0n) is 9.28. The minimum atomic E-state index is -1.10. The van der Waals surface area contributed by atoms with Crippen LogP contribution in [0.2, 0.25) is 0 Å². The number of nitrogens with one attached hydrogen (secondary N) is 1. The number of aromatic carboxylic acids is 1. The van der Waals surface area contributed by atoms with E-state index in [4.69, 9.17) is 15.6 Å². The topological polar surface area (TPSA) is 119 Å². The molecule has 1 aromatic rings. The van der Waals surface area contributed by atoms with E-state index in [1.54, 1.807) is 0 Å². The van der Waals surface area contributed by atoms with E-state index in [0.29, 0.717) is 8.95 Å². The molecule has 102 valence electrons. The molecule has 0 aliphatic carbocycles. The summed E-state index contributed by atoms with van der Waals surface area (Å²) < 4.78 is 5.86. The van der Waals surface area contributed by atoms with Gasteiger partial charge in [0.15, 0.2) is 6.61 Å². The number of amides is 3. The van der Waals surface area contributed by atoms with Crippen molar-refractivity contribution in [3.63, 3.8) is 0 Å². The van der Waals surface area contributed by atoms with Crippen molar-refractivity contribution in [1.29, 1.82) is 0 Å². The number of rotatable bonds is 4. The second-order valence-corrected chi connectivity index (χ2v) is 4.98. The summed E-state index contributed by atoms with van der Waals surface area (Å²) in [5.74, 6) is -1.57. The average Bonchev–Trinajstić information content (AvgIpc) is 2.26. The highest BCUT2D eigenvalue weighted by Gasteiger charge is 2.14. The fraction of sp³-hybridized carbons (Fsp3) is 0.100. The van der Waals surface area contributed by atoms with Gasteiger partial charge in [-0.1, -0.05) is 0 Å². The predicted molar refractivity (Wildman–Crippen MR) is 72.0 cm³/mol. The summed E-state index contributed by atoms with van der Waals surface area (Å²) in [6.07, 6.45) is 0. The van der Waals surface area contributed by atoms with Gasteiger partial charge < -0.3 is 15.6 Å². The van der Waals surface area contributed by atoms with Crippen LogP contribution in [0.25, 0.3) is 0 Å². The van der Waals surface area contributed by atoms with E-state index in [1.807, 2.05) is 5.32 Å². The Bertz CT molecular complexity index is 524. The molecule has 0 unspecified atom stereocenters. The predicted octanol–water partition coefficient (Wildman–Crippen LogP) is 1.48. The van der Waals surface area contributed by atoms with Crippen molar-refractivity contribution in [1.82, 2.24) is 5.32 Å². The van der Waals surface area contributed by atoms with Gasteiger partial charge in [0.05, 0.1) is 14.5 Å². The lowest BCUT2D eigenvalue weighted by molar-refractivity contribution is -0.121. The molecule has 0 saturated heterocycles. The van der Waals surface area contributed by atoms with Crippen LogP contribution in [0.1, 0.15) is 10.4 Å². The third-order valence-corrected chi connectivity index (χ3v) is 3.03. The first-order chi connectivity index (χ1) is 8.81. The summed E-state index contributed by atoms with van der Waals surface area (Å²) in [5, 5.41) is 10.7. The molecule has 0 bridgehead atoms. The Balaban J connectivity index is 2.82. The van der Waals surface area contributed by atoms with Gasteiger partial charge in [-0.3, -0.25) is 10.1 Å². The summed E-state index contributed by atoms with van der Waals surface area (Å²) >= 11 is 6.25. The van der Waals surface area contributed by atoms with Crippen LogP contribution >= 0.6 is 31.9 Å². The van der Waals surface area contributed by atoms with Crippen LogP contribution in [0, 0.1) is 0 Å². The van der Waals surface area contributed by atoms with Gasteiger partial charge in [0, 0.05) is 0 Å². The highest BCUT2D eigenvalue weighted by Crippen LogP contribution is 2.34. The number of imide groups is 1. The van der Waals surface area contributed by atoms with Crippen LogP contribution in [0.3, 0.4) is 0 Å². The Morgan fingerprint density at radius 1 is 1.26 bits per heavy atom. The van der Waals surface area contributed by atoms with Gasteiger partial charge in [-0.2, -0.15) is 0 Å². The fourth-order valence-corrected chi connectivity index (χ4v) is 2.55. The molecule has 19 heavy (non-hydrogen) atoms. The zero-order valence-corrected chi connectivity index (χ0v) is 12.4. The number of benzene rings is 1. The highest BCUT2D eigenvalue weighted by molar-refractivity contribution is 9.11. The maximum atomic E-state index is 11.2. The Morgan fingerprint density at radius 2 is 1.79 bits per heavy atom. The quantitative estimate of drug-likeness (QED) is 0.713. The van der Waals surface area contributed by atoms with Gasteiger partial charge in [0.25, 0.3) is 5.91 Å². The summed E-state index contributed by atoms with van der Waals surface area (Å²) in [6, 6.07) is 1.68. The van der Waals surface area contributed by atoms with E-state index < -0.39 is 24.5 Å². The molecule has 0 aliphatic heterocycles. The van der Waals surface area contributed by atoms with Gasteiger partial charge in [-0.15, -0.1) is 0 Å². The minimum absolute atomic E-state index is 0.0488. The Kier molecular flexibility index (Phi) is 5.31. The number of hydrogen-bond donors (Lipinski definition) is 3. The number of hydrogen-bond acceptors (Lipinski definition) is 4. The molecule has 9 heteroatoms. The molecule has 3 amide bonds. The Hall–Kier alpha value is -1.61. The zero-order chi connectivity index (χ0) is 14.6. The van der Waals surface area contributed by atoms with Crippen LogP contribution in [0.15, 0.2) is 21.1 Å². The van der Waals surface area contributed by atoms with Crippen molar-refractivity contribution < 1.29 is 24.2 Å². The lowest BCUT2D eigenvalue weighted by atomic mass is 10.2. The molecule has 0 radical (unpaired) electrons. The SMILES string of the molecule is NC(=O)NC(=O)COc1c(Br)cc(C(=O)O)cc1Br. The summed E-state index contributed by atoms with van der Waals surface area (Å²) in [6.45, 7) is -0.438. The maximum Gasteiger partial charge on any atom is 0.335 e. The van der Waals surface area contributed by atoms with E-state index in [9.17, 15) is 14.4 Å². The van der Waals surface area contributed by atoms with E-state index in [2.05, 4.69) is 31.9 Å². The molecule has 7 nitrogen and oxygen atoms in total. The van der Waals surface area contributed by atoms with Crippen molar-refractivity contribution in [2.75, 3.05) is 6.61 Å². The minimum Gasteiger partial charge on any atom is -0.481 e. The van der Waals surface area contributed by atoms with Gasteiger partial charge >= 0.3 is 12.0 Å². The van der Waals surface area contributed by atoms with Crippen molar-refractivity contribution >= 4 is 49.8 Å². The first-order valence-electron chi connectivity index (χ1n) is 4.75. The number of carboxylic acids is 1. The molecule has 0 aliphatic rings. The van der Waals surface area contributed by atoms with Crippen molar-refractivity contribution in [3.8, 4) is 5.75 Å². The Morgan fingerprint density at radius 3 is 2.21 bits per heavy atom. The molecule has 0 fully saturated rings. The first-order valence-corrected chi connectivity index (χ1v) is 6.34. The summed E-state index contributed by atoms with van der Waals surface area (Å²) in [7, 11) is 0. The van der Waals surface area contributed by atoms with Gasteiger partial charge in [0.2, 0.25) is 0 Å². The monoisotopic (exact) mass is 394 g/mol. The third-order valence-electron chi connectivity index (χ3n) is 1.86.